The Labute approximate surface area is 105 Å². The van der Waals surface area contributed by atoms with Gasteiger partial charge in [-0.3, -0.25) is 4.68 Å². The van der Waals surface area contributed by atoms with E-state index < -0.39 is 0 Å². The summed E-state index contributed by atoms with van der Waals surface area (Å²) < 4.78 is 1.82. The second-order valence-electron chi connectivity index (χ2n) is 4.50. The topological polar surface area (TPSA) is 42.7 Å². The van der Waals surface area contributed by atoms with Crippen molar-refractivity contribution in [3.8, 4) is 11.3 Å². The normalized spacial score (nSPS) is 17.5. The third-order valence-electron chi connectivity index (χ3n) is 3.21. The third-order valence-corrected chi connectivity index (χ3v) is 4.22. The number of aromatic nitrogens is 3. The lowest BCUT2D eigenvalue weighted by atomic mass is 9.99. The molecule has 0 spiro atoms. The number of piperidine rings is 1. The summed E-state index contributed by atoms with van der Waals surface area (Å²) >= 11 is 1.78. The zero-order valence-electron chi connectivity index (χ0n) is 9.89. The zero-order chi connectivity index (χ0) is 11.7. The Balaban J connectivity index is 1.82. The van der Waals surface area contributed by atoms with Gasteiger partial charge in [0.2, 0.25) is 0 Å². The van der Waals surface area contributed by atoms with E-state index >= 15 is 0 Å². The van der Waals surface area contributed by atoms with Crippen LogP contribution in [0.3, 0.4) is 0 Å². The van der Waals surface area contributed by atoms with Gasteiger partial charge in [-0.05, 0) is 25.9 Å². The van der Waals surface area contributed by atoms with Crippen LogP contribution in [0.4, 0.5) is 0 Å². The Hall–Kier alpha value is -1.20. The van der Waals surface area contributed by atoms with E-state index in [0.717, 1.165) is 24.3 Å². The molecule has 3 heterocycles. The highest BCUT2D eigenvalue weighted by molar-refractivity contribution is 7.10. The molecule has 1 aliphatic heterocycles. The number of thiazole rings is 1. The van der Waals surface area contributed by atoms with Crippen LogP contribution in [0, 0.1) is 0 Å². The molecule has 3 rings (SSSR count). The summed E-state index contributed by atoms with van der Waals surface area (Å²) in [6.07, 6.45) is 6.31. The minimum absolute atomic E-state index is 0.645. The van der Waals surface area contributed by atoms with Crippen LogP contribution < -0.4 is 5.32 Å². The lowest BCUT2D eigenvalue weighted by Gasteiger charge is -2.20. The molecule has 1 N–H and O–H groups in total. The first-order chi connectivity index (χ1) is 8.33. The van der Waals surface area contributed by atoms with Gasteiger partial charge >= 0.3 is 0 Å². The van der Waals surface area contributed by atoms with Crippen molar-refractivity contribution in [2.24, 2.45) is 7.05 Å². The fraction of sp³-hybridized carbons (Fsp3) is 0.500. The maximum Gasteiger partial charge on any atom is 0.0964 e. The largest absolute Gasteiger partial charge is 0.317 e. The Kier molecular flexibility index (Phi) is 2.94. The van der Waals surface area contributed by atoms with Gasteiger partial charge in [0.25, 0.3) is 0 Å². The molecule has 2 aromatic rings. The van der Waals surface area contributed by atoms with E-state index in [4.69, 9.17) is 4.98 Å². The van der Waals surface area contributed by atoms with Crippen LogP contribution in [0.1, 0.15) is 23.8 Å². The van der Waals surface area contributed by atoms with Gasteiger partial charge in [-0.25, -0.2) is 4.98 Å². The SMILES string of the molecule is Cn1cc(-c2csc(C3CCNCC3)n2)cn1. The zero-order valence-corrected chi connectivity index (χ0v) is 10.7. The van der Waals surface area contributed by atoms with Gasteiger partial charge in [0.1, 0.15) is 0 Å². The van der Waals surface area contributed by atoms with Gasteiger partial charge < -0.3 is 5.32 Å². The van der Waals surface area contributed by atoms with E-state index in [0.29, 0.717) is 5.92 Å². The number of hydrogen-bond acceptors (Lipinski definition) is 4. The Bertz CT molecular complexity index is 496. The predicted octanol–water partition coefficient (Wildman–Crippen LogP) is 2.01. The first kappa shape index (κ1) is 10.9. The summed E-state index contributed by atoms with van der Waals surface area (Å²) in [7, 11) is 1.93. The van der Waals surface area contributed by atoms with Crippen molar-refractivity contribution in [1.82, 2.24) is 20.1 Å². The molecule has 0 unspecified atom stereocenters. The first-order valence-electron chi connectivity index (χ1n) is 5.98. The van der Waals surface area contributed by atoms with Crippen molar-refractivity contribution >= 4 is 11.3 Å². The summed E-state index contributed by atoms with van der Waals surface area (Å²) in [5.41, 5.74) is 2.18. The van der Waals surface area contributed by atoms with E-state index in [1.165, 1.54) is 17.8 Å². The number of nitrogens with zero attached hydrogens (tertiary/aromatic N) is 3. The van der Waals surface area contributed by atoms with Crippen molar-refractivity contribution in [3.05, 3.63) is 22.8 Å². The third kappa shape index (κ3) is 2.25. The summed E-state index contributed by atoms with van der Waals surface area (Å²) in [5, 5.41) is 11.0. The molecule has 2 aromatic heterocycles. The van der Waals surface area contributed by atoms with Gasteiger partial charge in [0, 0.05) is 30.1 Å². The summed E-state index contributed by atoms with van der Waals surface area (Å²) in [4.78, 5) is 4.75. The summed E-state index contributed by atoms with van der Waals surface area (Å²) in [6.45, 7) is 2.24. The van der Waals surface area contributed by atoms with Crippen LogP contribution in [0.2, 0.25) is 0 Å². The Morgan fingerprint density at radius 3 is 2.94 bits per heavy atom. The van der Waals surface area contributed by atoms with Crippen LogP contribution in [0.25, 0.3) is 11.3 Å². The van der Waals surface area contributed by atoms with Crippen molar-refractivity contribution in [3.63, 3.8) is 0 Å². The van der Waals surface area contributed by atoms with E-state index in [9.17, 15) is 0 Å². The first-order valence-corrected chi connectivity index (χ1v) is 6.86. The molecule has 90 valence electrons. The molecular weight excluding hydrogens is 232 g/mol. The highest BCUT2D eigenvalue weighted by Crippen LogP contribution is 2.30. The summed E-state index contributed by atoms with van der Waals surface area (Å²) in [5.74, 6) is 0.645. The molecule has 0 aliphatic carbocycles. The minimum atomic E-state index is 0.645. The van der Waals surface area contributed by atoms with Crippen molar-refractivity contribution in [1.29, 1.82) is 0 Å². The molecule has 4 nitrogen and oxygen atoms in total. The van der Waals surface area contributed by atoms with E-state index in [1.54, 1.807) is 11.3 Å². The smallest absolute Gasteiger partial charge is 0.0964 e. The molecule has 0 aromatic carbocycles. The number of aryl methyl sites for hydroxylation is 1. The molecule has 1 fully saturated rings. The predicted molar refractivity (Wildman–Crippen MR) is 69.2 cm³/mol. The minimum Gasteiger partial charge on any atom is -0.317 e. The van der Waals surface area contributed by atoms with Gasteiger partial charge in [0.15, 0.2) is 0 Å². The fourth-order valence-electron chi connectivity index (χ4n) is 2.23. The molecule has 5 heteroatoms. The average Bonchev–Trinajstić information content (AvgIpc) is 2.98. The monoisotopic (exact) mass is 248 g/mol. The molecule has 0 radical (unpaired) electrons. The fourth-order valence-corrected chi connectivity index (χ4v) is 3.23. The quantitative estimate of drug-likeness (QED) is 0.884. The molecule has 1 aliphatic rings. The second-order valence-corrected chi connectivity index (χ2v) is 5.39. The van der Waals surface area contributed by atoms with Crippen molar-refractivity contribution in [2.75, 3.05) is 13.1 Å². The molecule has 1 saturated heterocycles. The van der Waals surface area contributed by atoms with E-state index in [1.807, 2.05) is 24.1 Å². The van der Waals surface area contributed by atoms with Crippen LogP contribution in [-0.2, 0) is 7.05 Å². The molecular formula is C12H16N4S. The van der Waals surface area contributed by atoms with Gasteiger partial charge in [0.05, 0.1) is 16.9 Å². The molecule has 0 amide bonds. The molecule has 0 saturated carbocycles. The molecule has 17 heavy (non-hydrogen) atoms. The lowest BCUT2D eigenvalue weighted by Crippen LogP contribution is -2.26. The highest BCUT2D eigenvalue weighted by atomic mass is 32.1. The maximum atomic E-state index is 4.75. The summed E-state index contributed by atoms with van der Waals surface area (Å²) in [6, 6.07) is 0. The van der Waals surface area contributed by atoms with Gasteiger partial charge in [-0.2, -0.15) is 5.10 Å². The van der Waals surface area contributed by atoms with Gasteiger partial charge in [-0.15, -0.1) is 11.3 Å². The Morgan fingerprint density at radius 2 is 2.24 bits per heavy atom. The van der Waals surface area contributed by atoms with Crippen LogP contribution >= 0.6 is 11.3 Å². The van der Waals surface area contributed by atoms with Crippen molar-refractivity contribution in [2.45, 2.75) is 18.8 Å². The number of hydrogen-bond donors (Lipinski definition) is 1. The second kappa shape index (κ2) is 4.58. The standard InChI is InChI=1S/C12H16N4S/c1-16-7-10(6-14-16)11-8-17-12(15-11)9-2-4-13-5-3-9/h6-9,13H,2-5H2,1H3. The van der Waals surface area contributed by atoms with Crippen LogP contribution in [0.15, 0.2) is 17.8 Å². The molecule has 0 bridgehead atoms. The van der Waals surface area contributed by atoms with Crippen molar-refractivity contribution < 1.29 is 0 Å². The number of rotatable bonds is 2. The lowest BCUT2D eigenvalue weighted by molar-refractivity contribution is 0.459. The average molecular weight is 248 g/mol. The highest BCUT2D eigenvalue weighted by Gasteiger charge is 2.18. The van der Waals surface area contributed by atoms with E-state index in [2.05, 4.69) is 15.8 Å². The van der Waals surface area contributed by atoms with Crippen LogP contribution in [-0.4, -0.2) is 27.9 Å². The number of nitrogens with one attached hydrogen (secondary N) is 1. The Morgan fingerprint density at radius 1 is 1.41 bits per heavy atom. The van der Waals surface area contributed by atoms with Crippen LogP contribution in [0.5, 0.6) is 0 Å². The molecule has 0 atom stereocenters. The van der Waals surface area contributed by atoms with Gasteiger partial charge in [-0.1, -0.05) is 0 Å². The van der Waals surface area contributed by atoms with E-state index in [-0.39, 0.29) is 0 Å². The maximum absolute atomic E-state index is 4.75.